The van der Waals surface area contributed by atoms with E-state index < -0.39 is 10.0 Å². The van der Waals surface area contributed by atoms with E-state index in [4.69, 9.17) is 4.74 Å². The molecule has 0 amide bonds. The van der Waals surface area contributed by atoms with E-state index in [9.17, 15) is 8.42 Å². The molecule has 101 valence electrons. The molecule has 0 bridgehead atoms. The van der Waals surface area contributed by atoms with E-state index in [0.29, 0.717) is 11.3 Å². The summed E-state index contributed by atoms with van der Waals surface area (Å²) in [5, 5.41) is 0.768. The summed E-state index contributed by atoms with van der Waals surface area (Å²) in [5.41, 5.74) is 0.614. The Balaban J connectivity index is 2.15. The van der Waals surface area contributed by atoms with Gasteiger partial charge in [-0.15, -0.1) is 0 Å². The van der Waals surface area contributed by atoms with Gasteiger partial charge in [-0.1, -0.05) is 18.2 Å². The van der Waals surface area contributed by atoms with Gasteiger partial charge in [-0.05, 0) is 30.3 Å². The molecule has 0 fully saturated rings. The van der Waals surface area contributed by atoms with E-state index >= 15 is 0 Å². The number of methoxy groups -OCH3 is 1. The fraction of sp³-hybridized carbons (Fsp3) is 0.0667. The second-order valence-electron chi connectivity index (χ2n) is 4.27. The van der Waals surface area contributed by atoms with Crippen LogP contribution in [0.15, 0.2) is 59.6 Å². The summed E-state index contributed by atoms with van der Waals surface area (Å²) in [6.07, 6.45) is 1.45. The average molecular weight is 286 g/mol. The normalized spacial score (nSPS) is 11.7. The summed E-state index contributed by atoms with van der Waals surface area (Å²) < 4.78 is 31.5. The van der Waals surface area contributed by atoms with Crippen molar-refractivity contribution in [2.75, 3.05) is 7.11 Å². The third kappa shape index (κ3) is 1.96. The van der Waals surface area contributed by atoms with Gasteiger partial charge in [0.25, 0.3) is 10.0 Å². The summed E-state index contributed by atoms with van der Waals surface area (Å²) in [5.74, 6) is 0.618. The van der Waals surface area contributed by atoms with E-state index in [1.807, 2.05) is 12.1 Å². The van der Waals surface area contributed by atoms with Gasteiger partial charge in [0.1, 0.15) is 5.75 Å². The number of ether oxygens (including phenoxy) is 1. The van der Waals surface area contributed by atoms with Crippen molar-refractivity contribution in [2.45, 2.75) is 4.90 Å². The minimum Gasteiger partial charge on any atom is -0.497 e. The second-order valence-corrected chi connectivity index (χ2v) is 6.08. The molecule has 0 spiro atoms. The molecule has 5 heteroatoms. The number of fused-ring (bicyclic) bond motifs is 1. The maximum Gasteiger partial charge on any atom is 0.268 e. The molecule has 0 unspecified atom stereocenters. The Hall–Kier alpha value is -2.27. The quantitative estimate of drug-likeness (QED) is 0.743. The number of hydrogen-bond acceptors (Lipinski definition) is 3. The maximum absolute atomic E-state index is 12.6. The van der Waals surface area contributed by atoms with Gasteiger partial charge in [0.05, 0.1) is 17.5 Å². The average Bonchev–Trinajstić information content (AvgIpc) is 2.92. The fourth-order valence-electron chi connectivity index (χ4n) is 2.05. The van der Waals surface area contributed by atoms with Crippen molar-refractivity contribution in [3.63, 3.8) is 0 Å². The molecule has 0 aliphatic rings. The molecule has 0 aliphatic heterocycles. The summed E-state index contributed by atoms with van der Waals surface area (Å²) >= 11 is 0. The van der Waals surface area contributed by atoms with Gasteiger partial charge in [-0.3, -0.25) is 0 Å². The zero-order valence-corrected chi connectivity index (χ0v) is 11.6. The van der Waals surface area contributed by atoms with Crippen LogP contribution in [0, 0.1) is 6.07 Å². The van der Waals surface area contributed by atoms with Crippen LogP contribution in [0.2, 0.25) is 0 Å². The van der Waals surface area contributed by atoms with Gasteiger partial charge in [0.2, 0.25) is 0 Å². The van der Waals surface area contributed by atoms with Crippen LogP contribution in [0.25, 0.3) is 10.9 Å². The van der Waals surface area contributed by atoms with Crippen molar-refractivity contribution in [1.29, 1.82) is 0 Å². The molecule has 0 saturated carbocycles. The van der Waals surface area contributed by atoms with Crippen molar-refractivity contribution in [3.8, 4) is 5.75 Å². The van der Waals surface area contributed by atoms with Gasteiger partial charge in [0.15, 0.2) is 0 Å². The fourth-order valence-corrected chi connectivity index (χ4v) is 3.36. The Morgan fingerprint density at radius 2 is 1.75 bits per heavy atom. The number of para-hydroxylation sites is 1. The van der Waals surface area contributed by atoms with E-state index in [1.54, 1.807) is 24.3 Å². The maximum atomic E-state index is 12.6. The molecule has 4 nitrogen and oxygen atoms in total. The molecular weight excluding hydrogens is 274 g/mol. The summed E-state index contributed by atoms with van der Waals surface area (Å²) in [6.45, 7) is 0. The first-order valence-corrected chi connectivity index (χ1v) is 7.44. The monoisotopic (exact) mass is 286 g/mol. The van der Waals surface area contributed by atoms with Crippen molar-refractivity contribution in [2.24, 2.45) is 0 Å². The standard InChI is InChI=1S/C15H12NO3S/c1-19-13-6-8-14(9-7-13)20(17,18)16-11-10-12-4-2-3-5-15(12)16/h2-9,11H,1H3. The lowest BCUT2D eigenvalue weighted by atomic mass is 10.3. The number of nitrogens with zero attached hydrogens (tertiary/aromatic N) is 1. The Kier molecular flexibility index (Phi) is 2.99. The molecule has 1 heterocycles. The van der Waals surface area contributed by atoms with Crippen LogP contribution in [0.5, 0.6) is 5.75 Å². The summed E-state index contributed by atoms with van der Waals surface area (Å²) in [7, 11) is -2.08. The number of hydrogen-bond donors (Lipinski definition) is 0. The Morgan fingerprint density at radius 3 is 2.45 bits per heavy atom. The Morgan fingerprint density at radius 1 is 1.05 bits per heavy atom. The van der Waals surface area contributed by atoms with Gasteiger partial charge < -0.3 is 4.74 Å². The number of aromatic nitrogens is 1. The van der Waals surface area contributed by atoms with Gasteiger partial charge in [0, 0.05) is 17.6 Å². The lowest BCUT2D eigenvalue weighted by Crippen LogP contribution is -2.11. The largest absolute Gasteiger partial charge is 0.497 e. The zero-order valence-electron chi connectivity index (χ0n) is 10.8. The highest BCUT2D eigenvalue weighted by Gasteiger charge is 2.18. The van der Waals surface area contributed by atoms with Crippen LogP contribution in [0.4, 0.5) is 0 Å². The summed E-state index contributed by atoms with van der Waals surface area (Å²) in [4.78, 5) is 0.216. The zero-order chi connectivity index (χ0) is 14.2. The third-order valence-corrected chi connectivity index (χ3v) is 4.78. The number of rotatable bonds is 3. The Bertz CT molecular complexity index is 848. The van der Waals surface area contributed by atoms with Gasteiger partial charge in [-0.25, -0.2) is 12.4 Å². The lowest BCUT2D eigenvalue weighted by Gasteiger charge is -2.08. The van der Waals surface area contributed by atoms with E-state index in [1.165, 1.54) is 29.4 Å². The topological polar surface area (TPSA) is 48.3 Å². The highest BCUT2D eigenvalue weighted by atomic mass is 32.2. The van der Waals surface area contributed by atoms with Crippen LogP contribution in [-0.4, -0.2) is 19.5 Å². The van der Waals surface area contributed by atoms with Crippen molar-refractivity contribution in [1.82, 2.24) is 3.97 Å². The van der Waals surface area contributed by atoms with Crippen LogP contribution in [0.1, 0.15) is 0 Å². The first-order chi connectivity index (χ1) is 9.63. The van der Waals surface area contributed by atoms with Crippen LogP contribution >= 0.6 is 0 Å². The van der Waals surface area contributed by atoms with E-state index in [-0.39, 0.29) is 4.90 Å². The minimum atomic E-state index is -3.62. The molecule has 2 aromatic carbocycles. The highest BCUT2D eigenvalue weighted by molar-refractivity contribution is 7.90. The molecule has 1 radical (unpaired) electrons. The molecule has 0 saturated heterocycles. The van der Waals surface area contributed by atoms with E-state index in [0.717, 1.165) is 5.39 Å². The molecule has 3 aromatic rings. The highest BCUT2D eigenvalue weighted by Crippen LogP contribution is 2.23. The van der Waals surface area contributed by atoms with Gasteiger partial charge in [-0.2, -0.15) is 0 Å². The smallest absolute Gasteiger partial charge is 0.268 e. The predicted octanol–water partition coefficient (Wildman–Crippen LogP) is 2.69. The molecule has 0 N–H and O–H groups in total. The molecule has 0 aliphatic carbocycles. The van der Waals surface area contributed by atoms with E-state index in [2.05, 4.69) is 6.07 Å². The predicted molar refractivity (Wildman–Crippen MR) is 76.4 cm³/mol. The summed E-state index contributed by atoms with van der Waals surface area (Å²) in [6, 6.07) is 16.5. The van der Waals surface area contributed by atoms with Crippen LogP contribution in [0.3, 0.4) is 0 Å². The van der Waals surface area contributed by atoms with Gasteiger partial charge >= 0.3 is 0 Å². The lowest BCUT2D eigenvalue weighted by molar-refractivity contribution is 0.414. The SMILES string of the molecule is COc1ccc(S(=O)(=O)n2c[c]c3ccccc32)cc1. The number of benzene rings is 2. The van der Waals surface area contributed by atoms with Crippen molar-refractivity contribution < 1.29 is 13.2 Å². The Labute approximate surface area is 117 Å². The first kappa shape index (κ1) is 12.7. The molecule has 0 atom stereocenters. The van der Waals surface area contributed by atoms with Crippen LogP contribution < -0.4 is 4.74 Å². The second kappa shape index (κ2) is 4.68. The third-order valence-electron chi connectivity index (χ3n) is 3.10. The first-order valence-electron chi connectivity index (χ1n) is 6.00. The molecular formula is C15H12NO3S. The minimum absolute atomic E-state index is 0.216. The molecule has 1 aromatic heterocycles. The molecule has 3 rings (SSSR count). The van der Waals surface area contributed by atoms with Crippen molar-refractivity contribution in [3.05, 3.63) is 60.8 Å². The van der Waals surface area contributed by atoms with Crippen molar-refractivity contribution >= 4 is 20.9 Å². The molecule has 20 heavy (non-hydrogen) atoms. The van der Waals surface area contributed by atoms with Crippen LogP contribution in [-0.2, 0) is 10.0 Å².